The van der Waals surface area contributed by atoms with E-state index in [-0.39, 0.29) is 0 Å². The number of nitrogen functional groups attached to an aromatic ring is 1. The van der Waals surface area contributed by atoms with Crippen LogP contribution < -0.4 is 11.1 Å². The van der Waals surface area contributed by atoms with Crippen molar-refractivity contribution in [1.29, 1.82) is 0 Å². The second-order valence-corrected chi connectivity index (χ2v) is 5.52. The van der Waals surface area contributed by atoms with E-state index in [1.54, 1.807) is 0 Å². The van der Waals surface area contributed by atoms with E-state index in [4.69, 9.17) is 5.73 Å². The molecular weight excluding hydrogens is 304 g/mol. The van der Waals surface area contributed by atoms with Crippen LogP contribution in [0.5, 0.6) is 0 Å². The third-order valence-electron chi connectivity index (χ3n) is 2.96. The highest BCUT2D eigenvalue weighted by Gasteiger charge is 2.02. The molecule has 102 valence electrons. The summed E-state index contributed by atoms with van der Waals surface area (Å²) in [7, 11) is 0. The molecule has 0 aliphatic carbocycles. The average Bonchev–Trinajstić information content (AvgIpc) is 2.65. The van der Waals surface area contributed by atoms with Gasteiger partial charge in [-0.2, -0.15) is 5.10 Å². The molecule has 0 radical (unpaired) electrons. The van der Waals surface area contributed by atoms with Gasteiger partial charge in [-0.15, -0.1) is 0 Å². The first-order chi connectivity index (χ1) is 9.06. The summed E-state index contributed by atoms with van der Waals surface area (Å²) in [6, 6.07) is 7.89. The Balaban J connectivity index is 1.82. The molecule has 0 aliphatic rings. The average molecular weight is 323 g/mol. The van der Waals surface area contributed by atoms with Crippen molar-refractivity contribution in [3.05, 3.63) is 40.1 Å². The van der Waals surface area contributed by atoms with E-state index < -0.39 is 0 Å². The summed E-state index contributed by atoms with van der Waals surface area (Å²) in [5.74, 6) is 0. The molecule has 4 nitrogen and oxygen atoms in total. The van der Waals surface area contributed by atoms with Gasteiger partial charge in [0, 0.05) is 34.6 Å². The van der Waals surface area contributed by atoms with Crippen LogP contribution in [0.15, 0.2) is 28.7 Å². The van der Waals surface area contributed by atoms with Gasteiger partial charge in [0.25, 0.3) is 0 Å². The van der Waals surface area contributed by atoms with Gasteiger partial charge in [0.1, 0.15) is 0 Å². The first-order valence-electron chi connectivity index (χ1n) is 6.36. The third kappa shape index (κ3) is 3.73. The lowest BCUT2D eigenvalue weighted by Gasteiger charge is -2.09. The van der Waals surface area contributed by atoms with Crippen LogP contribution >= 0.6 is 15.9 Å². The van der Waals surface area contributed by atoms with Gasteiger partial charge in [-0.3, -0.25) is 4.68 Å². The molecule has 1 heterocycles. The minimum Gasteiger partial charge on any atom is -0.399 e. The number of rotatable bonds is 5. The van der Waals surface area contributed by atoms with Crippen LogP contribution in [0, 0.1) is 13.8 Å². The largest absolute Gasteiger partial charge is 0.399 e. The summed E-state index contributed by atoms with van der Waals surface area (Å²) in [6.45, 7) is 5.94. The van der Waals surface area contributed by atoms with Gasteiger partial charge in [0.15, 0.2) is 0 Å². The minimum absolute atomic E-state index is 0.764. The molecule has 0 fully saturated rings. The number of nitrogens with one attached hydrogen (secondary N) is 1. The Hall–Kier alpha value is -1.49. The Morgan fingerprint density at radius 2 is 2.11 bits per heavy atom. The molecule has 0 atom stereocenters. The Morgan fingerprint density at radius 3 is 2.74 bits per heavy atom. The summed E-state index contributed by atoms with van der Waals surface area (Å²) < 4.78 is 3.05. The Labute approximate surface area is 122 Å². The van der Waals surface area contributed by atoms with Crippen molar-refractivity contribution < 1.29 is 0 Å². The zero-order valence-electron chi connectivity index (χ0n) is 11.3. The lowest BCUT2D eigenvalue weighted by atomic mass is 10.3. The van der Waals surface area contributed by atoms with E-state index in [1.807, 2.05) is 25.1 Å². The number of nitrogens with two attached hydrogens (primary N) is 1. The number of halogens is 1. The van der Waals surface area contributed by atoms with Crippen molar-refractivity contribution in [3.63, 3.8) is 0 Å². The molecule has 0 saturated carbocycles. The van der Waals surface area contributed by atoms with Crippen LogP contribution in [-0.2, 0) is 6.54 Å². The van der Waals surface area contributed by atoms with Gasteiger partial charge in [0.2, 0.25) is 0 Å². The highest BCUT2D eigenvalue weighted by Crippen LogP contribution is 2.24. The minimum atomic E-state index is 0.764. The maximum atomic E-state index is 5.71. The molecule has 0 amide bonds. The topological polar surface area (TPSA) is 55.9 Å². The van der Waals surface area contributed by atoms with E-state index in [1.165, 1.54) is 5.69 Å². The van der Waals surface area contributed by atoms with Gasteiger partial charge < -0.3 is 11.1 Å². The zero-order valence-corrected chi connectivity index (χ0v) is 12.9. The summed E-state index contributed by atoms with van der Waals surface area (Å²) in [6.07, 6.45) is 1.03. The molecule has 0 saturated heterocycles. The number of hydrogen-bond donors (Lipinski definition) is 2. The van der Waals surface area contributed by atoms with Gasteiger partial charge >= 0.3 is 0 Å². The molecular formula is C14H19BrN4. The van der Waals surface area contributed by atoms with Gasteiger partial charge in [-0.05, 0) is 60.5 Å². The second-order valence-electron chi connectivity index (χ2n) is 4.67. The molecule has 3 N–H and O–H groups in total. The number of hydrogen-bond acceptors (Lipinski definition) is 3. The van der Waals surface area contributed by atoms with Crippen LogP contribution in [0.25, 0.3) is 0 Å². The fourth-order valence-corrected chi connectivity index (χ4v) is 2.56. The van der Waals surface area contributed by atoms with Crippen molar-refractivity contribution in [3.8, 4) is 0 Å². The first kappa shape index (κ1) is 13.9. The van der Waals surface area contributed by atoms with Crippen molar-refractivity contribution >= 4 is 27.3 Å². The lowest BCUT2D eigenvalue weighted by molar-refractivity contribution is 0.573. The van der Waals surface area contributed by atoms with Crippen LogP contribution in [0.4, 0.5) is 11.4 Å². The van der Waals surface area contributed by atoms with E-state index in [0.29, 0.717) is 0 Å². The maximum Gasteiger partial charge on any atom is 0.0596 e. The van der Waals surface area contributed by atoms with Crippen LogP contribution in [0.3, 0.4) is 0 Å². The molecule has 1 aromatic carbocycles. The molecule has 0 unspecified atom stereocenters. The molecule has 0 spiro atoms. The third-order valence-corrected chi connectivity index (χ3v) is 3.61. The van der Waals surface area contributed by atoms with Gasteiger partial charge in [0.05, 0.1) is 5.69 Å². The van der Waals surface area contributed by atoms with E-state index >= 15 is 0 Å². The van der Waals surface area contributed by atoms with Crippen molar-refractivity contribution in [1.82, 2.24) is 9.78 Å². The highest BCUT2D eigenvalue weighted by atomic mass is 79.9. The van der Waals surface area contributed by atoms with E-state index in [0.717, 1.165) is 41.1 Å². The van der Waals surface area contributed by atoms with Gasteiger partial charge in [-0.25, -0.2) is 0 Å². The summed E-state index contributed by atoms with van der Waals surface area (Å²) in [4.78, 5) is 0. The molecule has 1 aromatic heterocycles. The molecule has 0 bridgehead atoms. The van der Waals surface area contributed by atoms with Crippen molar-refractivity contribution in [2.75, 3.05) is 17.6 Å². The summed E-state index contributed by atoms with van der Waals surface area (Å²) >= 11 is 3.50. The van der Waals surface area contributed by atoms with E-state index in [9.17, 15) is 0 Å². The SMILES string of the molecule is Cc1cc(C)n(CCCNc2ccc(N)cc2Br)n1. The van der Waals surface area contributed by atoms with Crippen LogP contribution in [0.1, 0.15) is 17.8 Å². The predicted molar refractivity (Wildman–Crippen MR) is 83.4 cm³/mol. The van der Waals surface area contributed by atoms with Crippen molar-refractivity contribution in [2.24, 2.45) is 0 Å². The lowest BCUT2D eigenvalue weighted by Crippen LogP contribution is -2.09. The van der Waals surface area contributed by atoms with E-state index in [2.05, 4.69) is 44.0 Å². The first-order valence-corrected chi connectivity index (χ1v) is 7.15. The predicted octanol–water partition coefficient (Wildman–Crippen LogP) is 3.35. The monoisotopic (exact) mass is 322 g/mol. The van der Waals surface area contributed by atoms with Crippen LogP contribution in [0.2, 0.25) is 0 Å². The smallest absolute Gasteiger partial charge is 0.0596 e. The Bertz CT molecular complexity index is 563. The Morgan fingerprint density at radius 1 is 1.32 bits per heavy atom. The Kier molecular flexibility index (Phi) is 4.47. The maximum absolute atomic E-state index is 5.71. The number of aryl methyl sites for hydroxylation is 3. The van der Waals surface area contributed by atoms with Crippen molar-refractivity contribution in [2.45, 2.75) is 26.8 Å². The molecule has 0 aliphatic heterocycles. The normalized spacial score (nSPS) is 10.7. The molecule has 2 rings (SSSR count). The highest BCUT2D eigenvalue weighted by molar-refractivity contribution is 9.10. The second kappa shape index (κ2) is 6.10. The fraction of sp³-hybridized carbons (Fsp3) is 0.357. The molecule has 5 heteroatoms. The number of benzene rings is 1. The van der Waals surface area contributed by atoms with Gasteiger partial charge in [-0.1, -0.05) is 0 Å². The zero-order chi connectivity index (χ0) is 13.8. The standard InChI is InChI=1S/C14H19BrN4/c1-10-8-11(2)19(18-10)7-3-6-17-14-5-4-12(16)9-13(14)15/h4-5,8-9,17H,3,6-7,16H2,1-2H3. The summed E-state index contributed by atoms with van der Waals surface area (Å²) in [5, 5.41) is 7.84. The summed E-state index contributed by atoms with van der Waals surface area (Å²) in [5.41, 5.74) is 9.83. The number of aromatic nitrogens is 2. The quantitative estimate of drug-likeness (QED) is 0.655. The fourth-order valence-electron chi connectivity index (χ4n) is 2.03. The molecule has 19 heavy (non-hydrogen) atoms. The van der Waals surface area contributed by atoms with Crippen LogP contribution in [-0.4, -0.2) is 16.3 Å². The number of nitrogens with zero attached hydrogens (tertiary/aromatic N) is 2. The molecule has 2 aromatic rings. The number of anilines is 2.